The Kier molecular flexibility index (Phi) is 4.41. The molecule has 0 unspecified atom stereocenters. The van der Waals surface area contributed by atoms with Crippen LogP contribution < -0.4 is 5.32 Å². The van der Waals surface area contributed by atoms with Crippen molar-refractivity contribution >= 4 is 38.9 Å². The van der Waals surface area contributed by atoms with Crippen molar-refractivity contribution in [3.05, 3.63) is 65.1 Å². The zero-order valence-corrected chi connectivity index (χ0v) is 13.8. The Morgan fingerprint density at radius 3 is 2.38 bits per heavy atom. The highest BCUT2D eigenvalue weighted by molar-refractivity contribution is 8.19. The predicted octanol–water partition coefficient (Wildman–Crippen LogP) is 2.34. The molecule has 0 aromatic heterocycles. The fraction of sp³-hybridized carbons (Fsp3) is 0. The molecule has 1 aliphatic rings. The molecule has 2 aromatic rings. The summed E-state index contributed by atoms with van der Waals surface area (Å²) in [7, 11) is -3.88. The number of sulfonamides is 1. The molecule has 8 heteroatoms. The number of phenols is 1. The number of nitrogens with one attached hydrogen (secondary N) is 1. The predicted molar refractivity (Wildman–Crippen MR) is 92.9 cm³/mol. The maximum Gasteiger partial charge on any atom is 0.284 e. The molecule has 6 nitrogen and oxygen atoms in total. The number of amidine groups is 1. The van der Waals surface area contributed by atoms with Crippen molar-refractivity contribution in [1.82, 2.24) is 5.32 Å². The molecule has 0 radical (unpaired) electrons. The summed E-state index contributed by atoms with van der Waals surface area (Å²) >= 11 is 0.948. The highest BCUT2D eigenvalue weighted by Gasteiger charge is 2.26. The van der Waals surface area contributed by atoms with E-state index in [0.717, 1.165) is 11.8 Å². The van der Waals surface area contributed by atoms with E-state index in [9.17, 15) is 18.3 Å². The summed E-state index contributed by atoms with van der Waals surface area (Å²) in [6.45, 7) is 0. The lowest BCUT2D eigenvalue weighted by atomic mass is 10.2. The Bertz CT molecular complexity index is 934. The fourth-order valence-corrected chi connectivity index (χ4v) is 3.95. The second-order valence-corrected chi connectivity index (χ2v) is 7.48. The average molecular weight is 360 g/mol. The van der Waals surface area contributed by atoms with Crippen LogP contribution >= 0.6 is 11.8 Å². The molecular formula is C16H12N2O4S2. The zero-order valence-electron chi connectivity index (χ0n) is 12.2. The third-order valence-electron chi connectivity index (χ3n) is 3.09. The van der Waals surface area contributed by atoms with Crippen LogP contribution in [0.3, 0.4) is 0 Å². The van der Waals surface area contributed by atoms with Gasteiger partial charge in [-0.15, -0.1) is 4.40 Å². The van der Waals surface area contributed by atoms with Crippen LogP contribution in [0, 0.1) is 0 Å². The molecule has 122 valence electrons. The first kappa shape index (κ1) is 16.3. The monoisotopic (exact) mass is 360 g/mol. The summed E-state index contributed by atoms with van der Waals surface area (Å²) in [5.41, 5.74) is 0.706. The lowest BCUT2D eigenvalue weighted by Gasteiger charge is -1.99. The Morgan fingerprint density at radius 1 is 1.04 bits per heavy atom. The van der Waals surface area contributed by atoms with Gasteiger partial charge in [-0.25, -0.2) is 0 Å². The van der Waals surface area contributed by atoms with Crippen LogP contribution in [0.5, 0.6) is 5.75 Å². The molecule has 0 atom stereocenters. The van der Waals surface area contributed by atoms with Crippen LogP contribution in [0.1, 0.15) is 5.56 Å². The van der Waals surface area contributed by atoms with Crippen molar-refractivity contribution in [2.24, 2.45) is 4.40 Å². The van der Waals surface area contributed by atoms with Gasteiger partial charge in [0.25, 0.3) is 15.9 Å². The summed E-state index contributed by atoms with van der Waals surface area (Å²) < 4.78 is 28.1. The van der Waals surface area contributed by atoms with Crippen molar-refractivity contribution < 1.29 is 18.3 Å². The minimum absolute atomic E-state index is 0.00822. The van der Waals surface area contributed by atoms with E-state index >= 15 is 0 Å². The van der Waals surface area contributed by atoms with Gasteiger partial charge >= 0.3 is 0 Å². The van der Waals surface area contributed by atoms with Crippen LogP contribution in [0.2, 0.25) is 0 Å². The third kappa shape index (κ3) is 3.66. The van der Waals surface area contributed by atoms with Gasteiger partial charge in [0.2, 0.25) is 0 Å². The number of benzene rings is 2. The Morgan fingerprint density at radius 2 is 1.71 bits per heavy atom. The van der Waals surface area contributed by atoms with Crippen molar-refractivity contribution in [3.8, 4) is 5.75 Å². The van der Waals surface area contributed by atoms with Crippen molar-refractivity contribution in [1.29, 1.82) is 0 Å². The molecular weight excluding hydrogens is 348 g/mol. The Hall–Kier alpha value is -2.58. The van der Waals surface area contributed by atoms with Gasteiger partial charge in [0.05, 0.1) is 9.80 Å². The number of rotatable bonds is 3. The van der Waals surface area contributed by atoms with E-state index in [0.29, 0.717) is 10.5 Å². The third-order valence-corrected chi connectivity index (χ3v) is 5.40. The van der Waals surface area contributed by atoms with Crippen LogP contribution in [0.25, 0.3) is 6.08 Å². The smallest absolute Gasteiger partial charge is 0.284 e. The summed E-state index contributed by atoms with van der Waals surface area (Å²) in [5, 5.41) is 11.7. The molecule has 3 rings (SSSR count). The van der Waals surface area contributed by atoms with E-state index < -0.39 is 15.9 Å². The second kappa shape index (κ2) is 6.50. The molecule has 1 fully saturated rings. The van der Waals surface area contributed by atoms with Gasteiger partial charge in [-0.2, -0.15) is 8.42 Å². The van der Waals surface area contributed by atoms with E-state index in [2.05, 4.69) is 9.71 Å². The van der Waals surface area contributed by atoms with Gasteiger partial charge in [-0.05, 0) is 47.7 Å². The number of nitrogens with zero attached hydrogens (tertiary/aromatic N) is 1. The molecule has 24 heavy (non-hydrogen) atoms. The van der Waals surface area contributed by atoms with Crippen molar-refractivity contribution in [3.63, 3.8) is 0 Å². The number of thioether (sulfide) groups is 1. The number of amides is 1. The lowest BCUT2D eigenvalue weighted by molar-refractivity contribution is -0.115. The normalized spacial score (nSPS) is 18.1. The number of carbonyl (C=O) groups excluding carboxylic acids is 1. The standard InChI is InChI=1S/C16H12N2O4S2/c19-12-8-6-11(7-9-12)10-14-15(20)17-16(23-14)18-24(21,22)13-4-2-1-3-5-13/h1-10,19H,(H,17,18,20)/b14-10+. The zero-order chi connectivity index (χ0) is 17.2. The SMILES string of the molecule is O=C1N/C(=N\S(=O)(=O)c2ccccc2)S/C1=C/c1ccc(O)cc1. The summed E-state index contributed by atoms with van der Waals surface area (Å²) in [4.78, 5) is 12.3. The lowest BCUT2D eigenvalue weighted by Crippen LogP contribution is -2.20. The molecule has 0 spiro atoms. The van der Waals surface area contributed by atoms with E-state index in [1.165, 1.54) is 24.3 Å². The summed E-state index contributed by atoms with van der Waals surface area (Å²) in [5.74, 6) is -0.299. The fourth-order valence-electron chi connectivity index (χ4n) is 1.95. The molecule has 1 saturated heterocycles. The van der Waals surface area contributed by atoms with Gasteiger partial charge < -0.3 is 5.11 Å². The van der Waals surface area contributed by atoms with Gasteiger partial charge in [0.15, 0.2) is 5.17 Å². The van der Waals surface area contributed by atoms with Gasteiger partial charge in [-0.3, -0.25) is 10.1 Å². The summed E-state index contributed by atoms with van der Waals surface area (Å²) in [6.07, 6.45) is 1.59. The maximum absolute atomic E-state index is 12.2. The number of phenolic OH excluding ortho intramolecular Hbond substituents is 1. The number of hydrogen-bond donors (Lipinski definition) is 2. The van der Waals surface area contributed by atoms with Crippen LogP contribution in [0.4, 0.5) is 0 Å². The highest BCUT2D eigenvalue weighted by atomic mass is 32.2. The molecule has 2 N–H and O–H groups in total. The Balaban J connectivity index is 1.85. The highest BCUT2D eigenvalue weighted by Crippen LogP contribution is 2.27. The first-order valence-corrected chi connectivity index (χ1v) is 9.10. The molecule has 0 saturated carbocycles. The maximum atomic E-state index is 12.2. The van der Waals surface area contributed by atoms with Gasteiger partial charge in [0, 0.05) is 0 Å². The van der Waals surface area contributed by atoms with Crippen LogP contribution in [0.15, 0.2) is 68.8 Å². The number of aromatic hydroxyl groups is 1. The molecule has 1 aliphatic heterocycles. The first-order chi connectivity index (χ1) is 11.4. The van der Waals surface area contributed by atoms with E-state index in [4.69, 9.17) is 0 Å². The molecule has 1 heterocycles. The van der Waals surface area contributed by atoms with Crippen LogP contribution in [-0.4, -0.2) is 24.6 Å². The largest absolute Gasteiger partial charge is 0.508 e. The molecule has 0 bridgehead atoms. The second-order valence-electron chi connectivity index (χ2n) is 4.84. The quantitative estimate of drug-likeness (QED) is 0.819. The molecule has 0 aliphatic carbocycles. The van der Waals surface area contributed by atoms with E-state index in [1.807, 2.05) is 0 Å². The average Bonchev–Trinajstić information content (AvgIpc) is 2.89. The summed E-state index contributed by atoms with van der Waals surface area (Å²) in [6, 6.07) is 14.1. The van der Waals surface area contributed by atoms with Crippen molar-refractivity contribution in [2.45, 2.75) is 4.90 Å². The van der Waals surface area contributed by atoms with Gasteiger partial charge in [0.1, 0.15) is 5.75 Å². The molecule has 2 aromatic carbocycles. The number of hydrogen-bond acceptors (Lipinski definition) is 5. The first-order valence-electron chi connectivity index (χ1n) is 6.84. The number of carbonyl (C=O) groups is 1. The minimum atomic E-state index is -3.88. The van der Waals surface area contributed by atoms with E-state index in [1.54, 1.807) is 36.4 Å². The van der Waals surface area contributed by atoms with Crippen molar-refractivity contribution in [2.75, 3.05) is 0 Å². The van der Waals surface area contributed by atoms with Gasteiger partial charge in [-0.1, -0.05) is 30.3 Å². The minimum Gasteiger partial charge on any atom is -0.508 e. The van der Waals surface area contributed by atoms with E-state index in [-0.39, 0.29) is 15.8 Å². The van der Waals surface area contributed by atoms with Crippen LogP contribution in [-0.2, 0) is 14.8 Å². The molecule has 1 amide bonds. The Labute approximate surface area is 143 Å². The topological polar surface area (TPSA) is 95.8 Å².